The van der Waals surface area contributed by atoms with Crippen LogP contribution in [0.5, 0.6) is 5.75 Å². The Kier molecular flexibility index (Phi) is 7.82. The van der Waals surface area contributed by atoms with Gasteiger partial charge in [0.05, 0.1) is 6.10 Å². The van der Waals surface area contributed by atoms with Crippen molar-refractivity contribution in [3.05, 3.63) is 35.3 Å². The Labute approximate surface area is 142 Å². The van der Waals surface area contributed by atoms with Gasteiger partial charge in [0, 0.05) is 29.7 Å². The number of halogens is 1. The summed E-state index contributed by atoms with van der Waals surface area (Å²) in [6.45, 7) is 3.67. The minimum absolute atomic E-state index is 0. The Morgan fingerprint density at radius 3 is 2.50 bits per heavy atom. The molecule has 0 fully saturated rings. The molecule has 2 aromatic rings. The number of rotatable bonds is 7. The first-order valence-electron chi connectivity index (χ1n) is 7.15. The van der Waals surface area contributed by atoms with E-state index in [1.165, 1.54) is 0 Å². The SMILES string of the molecule is CC(CCN(C)C)Oc1ccc(-c2ncc(CN)s2)cc1.Cl. The van der Waals surface area contributed by atoms with Gasteiger partial charge in [-0.15, -0.1) is 23.7 Å². The van der Waals surface area contributed by atoms with Gasteiger partial charge in [-0.1, -0.05) is 0 Å². The smallest absolute Gasteiger partial charge is 0.123 e. The van der Waals surface area contributed by atoms with E-state index < -0.39 is 0 Å². The summed E-state index contributed by atoms with van der Waals surface area (Å²) in [4.78, 5) is 7.66. The molecule has 0 saturated heterocycles. The molecule has 6 heteroatoms. The van der Waals surface area contributed by atoms with Gasteiger partial charge in [0.25, 0.3) is 0 Å². The van der Waals surface area contributed by atoms with Crippen LogP contribution in [0.25, 0.3) is 10.6 Å². The summed E-state index contributed by atoms with van der Waals surface area (Å²) in [5.41, 5.74) is 6.72. The molecule has 1 atom stereocenters. The lowest BCUT2D eigenvalue weighted by Gasteiger charge is -2.17. The topological polar surface area (TPSA) is 51.4 Å². The first-order valence-corrected chi connectivity index (χ1v) is 7.96. The summed E-state index contributed by atoms with van der Waals surface area (Å²) in [5.74, 6) is 0.903. The molecule has 1 aromatic carbocycles. The molecule has 0 aliphatic carbocycles. The molecule has 0 aliphatic heterocycles. The molecule has 0 radical (unpaired) electrons. The van der Waals surface area contributed by atoms with Gasteiger partial charge in [-0.2, -0.15) is 0 Å². The van der Waals surface area contributed by atoms with Gasteiger partial charge in [-0.05, 0) is 51.7 Å². The highest BCUT2D eigenvalue weighted by molar-refractivity contribution is 7.15. The highest BCUT2D eigenvalue weighted by Gasteiger charge is 2.07. The molecule has 2 rings (SSSR count). The third-order valence-corrected chi connectivity index (χ3v) is 4.24. The van der Waals surface area contributed by atoms with E-state index in [-0.39, 0.29) is 18.5 Å². The van der Waals surface area contributed by atoms with Crippen LogP contribution in [-0.2, 0) is 6.54 Å². The number of aromatic nitrogens is 1. The van der Waals surface area contributed by atoms with Gasteiger partial charge in [0.1, 0.15) is 10.8 Å². The molecule has 0 aliphatic rings. The fourth-order valence-electron chi connectivity index (χ4n) is 1.94. The van der Waals surface area contributed by atoms with Crippen LogP contribution in [0.3, 0.4) is 0 Å². The average Bonchev–Trinajstić information content (AvgIpc) is 2.95. The highest BCUT2D eigenvalue weighted by atomic mass is 35.5. The molecule has 1 aromatic heterocycles. The first-order chi connectivity index (χ1) is 10.1. The van der Waals surface area contributed by atoms with Crippen LogP contribution in [0.2, 0.25) is 0 Å². The Morgan fingerprint density at radius 1 is 1.27 bits per heavy atom. The maximum Gasteiger partial charge on any atom is 0.123 e. The van der Waals surface area contributed by atoms with E-state index >= 15 is 0 Å². The zero-order chi connectivity index (χ0) is 15.2. The molecule has 1 unspecified atom stereocenters. The van der Waals surface area contributed by atoms with Crippen LogP contribution in [0.15, 0.2) is 30.5 Å². The van der Waals surface area contributed by atoms with E-state index in [4.69, 9.17) is 10.5 Å². The maximum atomic E-state index is 5.92. The van der Waals surface area contributed by atoms with Crippen molar-refractivity contribution in [3.8, 4) is 16.3 Å². The average molecular weight is 342 g/mol. The van der Waals surface area contributed by atoms with Gasteiger partial charge >= 0.3 is 0 Å². The zero-order valence-electron chi connectivity index (χ0n) is 13.3. The summed E-state index contributed by atoms with van der Waals surface area (Å²) in [6.07, 6.45) is 3.07. The molecule has 0 bridgehead atoms. The first kappa shape index (κ1) is 18.9. The van der Waals surface area contributed by atoms with Crippen LogP contribution in [0.1, 0.15) is 18.2 Å². The van der Waals surface area contributed by atoms with Crippen molar-refractivity contribution in [2.45, 2.75) is 26.0 Å². The van der Waals surface area contributed by atoms with Crippen LogP contribution < -0.4 is 10.5 Å². The second-order valence-electron chi connectivity index (χ2n) is 5.38. The molecule has 1 heterocycles. The second-order valence-corrected chi connectivity index (χ2v) is 6.50. The number of hydrogen-bond donors (Lipinski definition) is 1. The molecule has 2 N–H and O–H groups in total. The van der Waals surface area contributed by atoms with Crippen molar-refractivity contribution < 1.29 is 4.74 Å². The fraction of sp³-hybridized carbons (Fsp3) is 0.438. The number of nitrogens with two attached hydrogens (primary N) is 1. The van der Waals surface area contributed by atoms with Crippen LogP contribution in [-0.4, -0.2) is 36.6 Å². The summed E-state index contributed by atoms with van der Waals surface area (Å²) in [6, 6.07) is 8.11. The molecule has 4 nitrogen and oxygen atoms in total. The van der Waals surface area contributed by atoms with E-state index in [0.29, 0.717) is 6.54 Å². The highest BCUT2D eigenvalue weighted by Crippen LogP contribution is 2.27. The standard InChI is InChI=1S/C16H23N3OS.ClH/c1-12(8-9-19(2)3)20-14-6-4-13(5-7-14)16-18-11-15(10-17)21-16;/h4-7,11-12H,8-10,17H2,1-3H3;1H. The van der Waals surface area contributed by atoms with Gasteiger partial charge in [-0.25, -0.2) is 4.98 Å². The fourth-order valence-corrected chi connectivity index (χ4v) is 2.74. The normalized spacial score (nSPS) is 12.0. The van der Waals surface area contributed by atoms with Gasteiger partial charge in [0.15, 0.2) is 0 Å². The quantitative estimate of drug-likeness (QED) is 0.838. The van der Waals surface area contributed by atoms with Crippen molar-refractivity contribution in [2.24, 2.45) is 5.73 Å². The van der Waals surface area contributed by atoms with Crippen LogP contribution in [0, 0.1) is 0 Å². The lowest BCUT2D eigenvalue weighted by atomic mass is 10.2. The van der Waals surface area contributed by atoms with Crippen molar-refractivity contribution >= 4 is 23.7 Å². The second kappa shape index (κ2) is 9.10. The third-order valence-electron chi connectivity index (χ3n) is 3.18. The predicted octanol–water partition coefficient (Wildman–Crippen LogP) is 3.41. The van der Waals surface area contributed by atoms with Crippen molar-refractivity contribution in [2.75, 3.05) is 20.6 Å². The molecule has 22 heavy (non-hydrogen) atoms. The monoisotopic (exact) mass is 341 g/mol. The summed E-state index contributed by atoms with van der Waals surface area (Å²) < 4.78 is 5.92. The predicted molar refractivity (Wildman–Crippen MR) is 96.0 cm³/mol. The summed E-state index contributed by atoms with van der Waals surface area (Å²) >= 11 is 1.63. The minimum atomic E-state index is 0. The van der Waals surface area contributed by atoms with Crippen LogP contribution >= 0.6 is 23.7 Å². The third kappa shape index (κ3) is 5.57. The Balaban J connectivity index is 0.00000242. The molecule has 122 valence electrons. The summed E-state index contributed by atoms with van der Waals surface area (Å²) in [7, 11) is 4.15. The molecular formula is C16H24ClN3OS. The minimum Gasteiger partial charge on any atom is -0.491 e. The lowest BCUT2D eigenvalue weighted by molar-refractivity contribution is 0.194. The summed E-state index contributed by atoms with van der Waals surface area (Å²) in [5, 5.41) is 1.00. The zero-order valence-corrected chi connectivity index (χ0v) is 14.9. The van der Waals surface area contributed by atoms with E-state index in [2.05, 4.69) is 30.9 Å². The van der Waals surface area contributed by atoms with E-state index in [9.17, 15) is 0 Å². The molecule has 0 saturated carbocycles. The lowest BCUT2D eigenvalue weighted by Crippen LogP contribution is -2.21. The number of hydrogen-bond acceptors (Lipinski definition) is 5. The largest absolute Gasteiger partial charge is 0.491 e. The number of ether oxygens (including phenoxy) is 1. The number of benzene rings is 1. The van der Waals surface area contributed by atoms with Crippen molar-refractivity contribution in [1.82, 2.24) is 9.88 Å². The molecule has 0 spiro atoms. The van der Waals surface area contributed by atoms with E-state index in [1.807, 2.05) is 30.5 Å². The van der Waals surface area contributed by atoms with E-state index in [1.54, 1.807) is 11.3 Å². The van der Waals surface area contributed by atoms with Crippen molar-refractivity contribution in [3.63, 3.8) is 0 Å². The molecular weight excluding hydrogens is 318 g/mol. The maximum absolute atomic E-state index is 5.92. The Hall–Kier alpha value is -1.14. The molecule has 0 amide bonds. The van der Waals surface area contributed by atoms with Crippen molar-refractivity contribution in [1.29, 1.82) is 0 Å². The Morgan fingerprint density at radius 2 is 1.95 bits per heavy atom. The number of thiazole rings is 1. The van der Waals surface area contributed by atoms with Crippen LogP contribution in [0.4, 0.5) is 0 Å². The Bertz CT molecular complexity index is 557. The number of nitrogens with zero attached hydrogens (tertiary/aromatic N) is 2. The van der Waals surface area contributed by atoms with Gasteiger partial charge < -0.3 is 15.4 Å². The van der Waals surface area contributed by atoms with Gasteiger partial charge in [-0.3, -0.25) is 0 Å². The van der Waals surface area contributed by atoms with E-state index in [0.717, 1.165) is 34.2 Å². The van der Waals surface area contributed by atoms with Gasteiger partial charge in [0.2, 0.25) is 0 Å².